The molecular formula is C60H37N3OS. The molecule has 0 amide bonds. The van der Waals surface area contributed by atoms with Gasteiger partial charge in [-0.3, -0.25) is 0 Å². The molecule has 3 aromatic heterocycles. The van der Waals surface area contributed by atoms with Gasteiger partial charge in [-0.1, -0.05) is 127 Å². The average molecular weight is 848 g/mol. The maximum Gasteiger partial charge on any atom is 0.153 e. The first kappa shape index (κ1) is 36.1. The van der Waals surface area contributed by atoms with E-state index in [1.54, 1.807) is 0 Å². The first-order chi connectivity index (χ1) is 32.2. The van der Waals surface area contributed by atoms with E-state index < -0.39 is 0 Å². The van der Waals surface area contributed by atoms with Crippen LogP contribution < -0.4 is 9.64 Å². The average Bonchev–Trinajstić information content (AvgIpc) is 4.03. The molecule has 0 saturated carbocycles. The van der Waals surface area contributed by atoms with Gasteiger partial charge in [-0.25, -0.2) is 0 Å². The largest absolute Gasteiger partial charge is 0.453 e. The summed E-state index contributed by atoms with van der Waals surface area (Å²) in [7, 11) is 0. The molecule has 4 heterocycles. The minimum absolute atomic E-state index is 0.793. The van der Waals surface area contributed by atoms with Crippen molar-refractivity contribution in [3.05, 3.63) is 224 Å². The fourth-order valence-corrected chi connectivity index (χ4v) is 11.4. The zero-order valence-corrected chi connectivity index (χ0v) is 35.8. The van der Waals surface area contributed by atoms with Crippen LogP contribution in [0, 0.1) is 0 Å². The van der Waals surface area contributed by atoms with Crippen molar-refractivity contribution in [1.82, 2.24) is 9.13 Å². The van der Waals surface area contributed by atoms with Gasteiger partial charge in [0.15, 0.2) is 11.5 Å². The second-order valence-corrected chi connectivity index (χ2v) is 18.0. The smallest absolute Gasteiger partial charge is 0.153 e. The van der Waals surface area contributed by atoms with Gasteiger partial charge >= 0.3 is 0 Å². The Hall–Kier alpha value is -8.38. The number of para-hydroxylation sites is 2. The number of ether oxygens (including phenoxy) is 1. The molecule has 1 aliphatic heterocycles. The van der Waals surface area contributed by atoms with E-state index in [9.17, 15) is 0 Å². The van der Waals surface area contributed by atoms with Gasteiger partial charge in [0.1, 0.15) is 0 Å². The van der Waals surface area contributed by atoms with E-state index in [2.05, 4.69) is 238 Å². The van der Waals surface area contributed by atoms with Crippen LogP contribution in [0.2, 0.25) is 0 Å². The second-order valence-electron chi connectivity index (χ2n) is 16.9. The zero-order valence-electron chi connectivity index (χ0n) is 35.0. The molecule has 5 heteroatoms. The minimum atomic E-state index is 0.793. The van der Waals surface area contributed by atoms with Gasteiger partial charge in [0.2, 0.25) is 0 Å². The first-order valence-corrected chi connectivity index (χ1v) is 22.9. The molecule has 304 valence electrons. The van der Waals surface area contributed by atoms with E-state index in [-0.39, 0.29) is 0 Å². The quantitative estimate of drug-likeness (QED) is 0.172. The Morgan fingerprint density at radius 3 is 1.32 bits per heavy atom. The molecule has 65 heavy (non-hydrogen) atoms. The monoisotopic (exact) mass is 847 g/mol. The van der Waals surface area contributed by atoms with Crippen LogP contribution in [0.15, 0.2) is 224 Å². The Bertz CT molecular complexity index is 3900. The van der Waals surface area contributed by atoms with Crippen molar-refractivity contribution in [1.29, 1.82) is 0 Å². The highest BCUT2D eigenvalue weighted by Crippen LogP contribution is 2.53. The maximum atomic E-state index is 7.19. The fourth-order valence-electron chi connectivity index (χ4n) is 10.3. The van der Waals surface area contributed by atoms with Crippen LogP contribution in [-0.2, 0) is 0 Å². The van der Waals surface area contributed by atoms with Crippen molar-refractivity contribution in [2.75, 3.05) is 4.90 Å². The summed E-state index contributed by atoms with van der Waals surface area (Å²) in [6.45, 7) is 0. The molecule has 0 N–H and O–H groups in total. The number of aromatic nitrogens is 2. The predicted octanol–water partition coefficient (Wildman–Crippen LogP) is 17.2. The number of hydrogen-bond acceptors (Lipinski definition) is 3. The normalized spacial score (nSPS) is 12.4. The summed E-state index contributed by atoms with van der Waals surface area (Å²) in [5, 5.41) is 7.40. The molecule has 0 fully saturated rings. The lowest BCUT2D eigenvalue weighted by atomic mass is 10.0. The van der Waals surface area contributed by atoms with Crippen molar-refractivity contribution in [2.45, 2.75) is 0 Å². The Morgan fingerprint density at radius 1 is 0.292 bits per heavy atom. The summed E-state index contributed by atoms with van der Waals surface area (Å²) in [4.78, 5) is 2.38. The summed E-state index contributed by atoms with van der Waals surface area (Å²) < 4.78 is 14.5. The molecule has 0 bridgehead atoms. The highest BCUT2D eigenvalue weighted by atomic mass is 32.1. The highest BCUT2D eigenvalue weighted by Gasteiger charge is 2.29. The van der Waals surface area contributed by atoms with Crippen molar-refractivity contribution in [3.63, 3.8) is 0 Å². The standard InChI is InChI=1S/C60H37N3OS/c1-3-13-38(14-4-1)40-23-28-53-48(33-40)49-34-41(39-15-5-2-6-16-39)24-29-54(49)62(53)44-26-31-56-58(37-44)64-57-36-43(61-51-20-10-7-17-45(51)46-18-8-11-21-52(46)61)25-30-55(57)63(56)42-27-32-60-50(35-42)47-19-9-12-22-59(47)65-60/h1-37H. The number of anilines is 3. The topological polar surface area (TPSA) is 22.3 Å². The van der Waals surface area contributed by atoms with E-state index in [0.717, 1.165) is 62.0 Å². The van der Waals surface area contributed by atoms with Crippen LogP contribution in [0.1, 0.15) is 0 Å². The molecule has 13 aromatic rings. The van der Waals surface area contributed by atoms with E-state index in [0.29, 0.717) is 0 Å². The molecule has 0 radical (unpaired) electrons. The number of nitrogens with zero attached hydrogens (tertiary/aromatic N) is 3. The SMILES string of the molecule is c1ccc(-c2ccc3c(c2)c2cc(-c4ccccc4)ccc2n3-c2ccc3c(c2)Oc2cc(-n4c5ccccc5c5ccccc54)ccc2N3c2ccc3sc4ccccc4c3c2)cc1. The van der Waals surface area contributed by atoms with Crippen molar-refractivity contribution < 1.29 is 4.74 Å². The van der Waals surface area contributed by atoms with Crippen LogP contribution in [0.3, 0.4) is 0 Å². The van der Waals surface area contributed by atoms with E-state index in [1.165, 1.54) is 64.0 Å². The van der Waals surface area contributed by atoms with Gasteiger partial charge in [-0.15, -0.1) is 11.3 Å². The van der Waals surface area contributed by atoms with Crippen LogP contribution in [0.25, 0.3) is 97.4 Å². The summed E-state index contributed by atoms with van der Waals surface area (Å²) in [6.07, 6.45) is 0. The molecule has 4 nitrogen and oxygen atoms in total. The van der Waals surface area contributed by atoms with E-state index in [4.69, 9.17) is 4.74 Å². The van der Waals surface area contributed by atoms with Crippen LogP contribution >= 0.6 is 11.3 Å². The third kappa shape index (κ3) is 5.56. The third-order valence-electron chi connectivity index (χ3n) is 13.3. The Morgan fingerprint density at radius 2 is 0.754 bits per heavy atom. The number of thiophene rings is 1. The first-order valence-electron chi connectivity index (χ1n) is 22.1. The van der Waals surface area contributed by atoms with Crippen molar-refractivity contribution in [3.8, 4) is 45.1 Å². The molecule has 14 rings (SSSR count). The summed E-state index contributed by atoms with van der Waals surface area (Å²) in [5.41, 5.74) is 14.5. The Kier molecular flexibility index (Phi) is 7.82. The summed E-state index contributed by atoms with van der Waals surface area (Å²) in [5.74, 6) is 1.59. The van der Waals surface area contributed by atoms with Gasteiger partial charge < -0.3 is 18.8 Å². The number of fused-ring (bicyclic) bond motifs is 11. The van der Waals surface area contributed by atoms with Crippen LogP contribution in [0.4, 0.5) is 17.1 Å². The summed E-state index contributed by atoms with van der Waals surface area (Å²) >= 11 is 1.84. The number of rotatable bonds is 5. The van der Waals surface area contributed by atoms with Crippen molar-refractivity contribution in [2.24, 2.45) is 0 Å². The number of hydrogen-bond donors (Lipinski definition) is 0. The molecule has 0 atom stereocenters. The third-order valence-corrected chi connectivity index (χ3v) is 14.4. The molecule has 0 unspecified atom stereocenters. The minimum Gasteiger partial charge on any atom is -0.453 e. The summed E-state index contributed by atoms with van der Waals surface area (Å²) in [6, 6.07) is 81.4. The lowest BCUT2D eigenvalue weighted by molar-refractivity contribution is 0.476. The zero-order chi connectivity index (χ0) is 42.6. The molecule has 0 spiro atoms. The van der Waals surface area contributed by atoms with Gasteiger partial charge in [0.05, 0.1) is 44.8 Å². The van der Waals surface area contributed by atoms with E-state index in [1.807, 2.05) is 11.3 Å². The van der Waals surface area contributed by atoms with Gasteiger partial charge in [-0.05, 0) is 107 Å². The Balaban J connectivity index is 0.982. The molecule has 0 aliphatic carbocycles. The number of benzene rings is 10. The fraction of sp³-hybridized carbons (Fsp3) is 0. The Labute approximate surface area is 378 Å². The maximum absolute atomic E-state index is 7.19. The van der Waals surface area contributed by atoms with Gasteiger partial charge in [0, 0.05) is 59.5 Å². The van der Waals surface area contributed by atoms with Crippen LogP contribution in [-0.4, -0.2) is 9.13 Å². The highest BCUT2D eigenvalue weighted by molar-refractivity contribution is 7.25. The van der Waals surface area contributed by atoms with Crippen molar-refractivity contribution >= 4 is 92.2 Å². The molecular weight excluding hydrogens is 811 g/mol. The van der Waals surface area contributed by atoms with Gasteiger partial charge in [0.25, 0.3) is 0 Å². The lowest BCUT2D eigenvalue weighted by Gasteiger charge is -2.33. The predicted molar refractivity (Wildman–Crippen MR) is 274 cm³/mol. The molecule has 0 saturated heterocycles. The lowest BCUT2D eigenvalue weighted by Crippen LogP contribution is -2.16. The van der Waals surface area contributed by atoms with E-state index >= 15 is 0 Å². The molecule has 1 aliphatic rings. The second kappa shape index (κ2) is 14.1. The van der Waals surface area contributed by atoms with Crippen LogP contribution in [0.5, 0.6) is 11.5 Å². The van der Waals surface area contributed by atoms with Gasteiger partial charge in [-0.2, -0.15) is 0 Å². The molecule has 10 aromatic carbocycles.